The Bertz CT molecular complexity index is 771. The number of hydrogen-bond donors (Lipinski definition) is 2. The molecular weight excluding hydrogens is 334 g/mol. The largest absolute Gasteiger partial charge is 0.477 e. The van der Waals surface area contributed by atoms with Crippen LogP contribution in [0.5, 0.6) is 5.88 Å². The molecule has 3 rings (SSSR count). The van der Waals surface area contributed by atoms with Crippen LogP contribution in [0.4, 0.5) is 0 Å². The molecule has 26 heavy (non-hydrogen) atoms. The maximum absolute atomic E-state index is 12.2. The van der Waals surface area contributed by atoms with E-state index in [9.17, 15) is 9.59 Å². The van der Waals surface area contributed by atoms with Crippen molar-refractivity contribution in [1.82, 2.24) is 15.3 Å². The lowest BCUT2D eigenvalue weighted by Crippen LogP contribution is -2.23. The summed E-state index contributed by atoms with van der Waals surface area (Å²) in [7, 11) is 0. The summed E-state index contributed by atoms with van der Waals surface area (Å²) in [5.74, 6) is -0.864. The molecular formula is C19H21N3O4. The third-order valence-electron chi connectivity index (χ3n) is 4.34. The Hall–Kier alpha value is -2.96. The van der Waals surface area contributed by atoms with Crippen molar-refractivity contribution in [3.63, 3.8) is 0 Å². The zero-order chi connectivity index (χ0) is 18.4. The molecule has 0 spiro atoms. The topological polar surface area (TPSA) is 101 Å². The molecule has 1 aliphatic carbocycles. The number of aromatic carboxylic acids is 1. The lowest BCUT2D eigenvalue weighted by Gasteiger charge is -2.22. The number of carboxylic acid groups (broad SMARTS) is 1. The number of carbonyl (C=O) groups excluding carboxylic acids is 1. The summed E-state index contributed by atoms with van der Waals surface area (Å²) in [6.07, 6.45) is 8.90. The first-order valence-corrected chi connectivity index (χ1v) is 8.71. The van der Waals surface area contributed by atoms with Gasteiger partial charge in [-0.25, -0.2) is 14.8 Å². The van der Waals surface area contributed by atoms with E-state index in [0.29, 0.717) is 18.0 Å². The Morgan fingerprint density at radius 3 is 2.65 bits per heavy atom. The molecule has 2 aromatic heterocycles. The van der Waals surface area contributed by atoms with Gasteiger partial charge < -0.3 is 15.2 Å². The molecule has 7 heteroatoms. The predicted octanol–water partition coefficient (Wildman–Crippen LogP) is 2.82. The molecule has 2 N–H and O–H groups in total. The SMILES string of the molecule is O=C(NCc1ccnc(OC2CCCCC2)c1)c1ccc(C(=O)O)nc1. The molecule has 1 aliphatic rings. The van der Waals surface area contributed by atoms with Crippen LogP contribution in [0, 0.1) is 0 Å². The maximum atomic E-state index is 12.2. The van der Waals surface area contributed by atoms with Crippen molar-refractivity contribution in [2.45, 2.75) is 44.8 Å². The minimum Gasteiger partial charge on any atom is -0.477 e. The number of ether oxygens (including phenoxy) is 1. The number of aromatic nitrogens is 2. The van der Waals surface area contributed by atoms with Crippen LogP contribution >= 0.6 is 0 Å². The molecule has 0 aliphatic heterocycles. The van der Waals surface area contributed by atoms with E-state index in [1.807, 2.05) is 12.1 Å². The summed E-state index contributed by atoms with van der Waals surface area (Å²) in [6.45, 7) is 0.322. The molecule has 0 bridgehead atoms. The average Bonchev–Trinajstić information content (AvgIpc) is 2.67. The van der Waals surface area contributed by atoms with Gasteiger partial charge in [-0.15, -0.1) is 0 Å². The Balaban J connectivity index is 1.56. The van der Waals surface area contributed by atoms with Crippen LogP contribution in [0.3, 0.4) is 0 Å². The minimum atomic E-state index is -1.13. The van der Waals surface area contributed by atoms with Crippen molar-refractivity contribution < 1.29 is 19.4 Å². The molecule has 136 valence electrons. The highest BCUT2D eigenvalue weighted by molar-refractivity contribution is 5.94. The lowest BCUT2D eigenvalue weighted by molar-refractivity contribution is 0.0689. The van der Waals surface area contributed by atoms with E-state index in [1.54, 1.807) is 6.20 Å². The second-order valence-corrected chi connectivity index (χ2v) is 6.30. The van der Waals surface area contributed by atoms with Crippen LogP contribution in [-0.4, -0.2) is 33.1 Å². The standard InChI is InChI=1S/C19H21N3O4/c23-18(14-6-7-16(19(24)25)21-12-14)22-11-13-8-9-20-17(10-13)26-15-4-2-1-3-5-15/h6-10,12,15H,1-5,11H2,(H,22,23)(H,24,25). The smallest absolute Gasteiger partial charge is 0.354 e. The fourth-order valence-electron chi connectivity index (χ4n) is 2.92. The van der Waals surface area contributed by atoms with Crippen LogP contribution < -0.4 is 10.1 Å². The number of nitrogens with one attached hydrogen (secondary N) is 1. The van der Waals surface area contributed by atoms with Gasteiger partial charge in [-0.1, -0.05) is 6.42 Å². The first-order valence-electron chi connectivity index (χ1n) is 8.71. The molecule has 1 fully saturated rings. The van der Waals surface area contributed by atoms with Crippen molar-refractivity contribution in [2.24, 2.45) is 0 Å². The van der Waals surface area contributed by atoms with Gasteiger partial charge in [0.1, 0.15) is 11.8 Å². The van der Waals surface area contributed by atoms with Crippen molar-refractivity contribution in [1.29, 1.82) is 0 Å². The van der Waals surface area contributed by atoms with Gasteiger partial charge in [-0.2, -0.15) is 0 Å². The normalized spacial score (nSPS) is 14.6. The van der Waals surface area contributed by atoms with E-state index in [0.717, 1.165) is 18.4 Å². The van der Waals surface area contributed by atoms with E-state index in [2.05, 4.69) is 15.3 Å². The average molecular weight is 355 g/mol. The number of nitrogens with zero attached hydrogens (tertiary/aromatic N) is 2. The molecule has 2 heterocycles. The molecule has 0 aromatic carbocycles. The van der Waals surface area contributed by atoms with Gasteiger partial charge in [-0.05, 0) is 49.4 Å². The van der Waals surface area contributed by atoms with E-state index in [1.165, 1.54) is 37.6 Å². The number of hydrogen-bond acceptors (Lipinski definition) is 5. The maximum Gasteiger partial charge on any atom is 0.354 e. The van der Waals surface area contributed by atoms with Crippen molar-refractivity contribution in [3.8, 4) is 5.88 Å². The first-order chi connectivity index (χ1) is 12.6. The van der Waals surface area contributed by atoms with Crippen molar-refractivity contribution in [3.05, 3.63) is 53.5 Å². The molecule has 1 amide bonds. The molecule has 2 aromatic rings. The summed E-state index contributed by atoms with van der Waals surface area (Å²) >= 11 is 0. The minimum absolute atomic E-state index is 0.0970. The summed E-state index contributed by atoms with van der Waals surface area (Å²) in [6, 6.07) is 6.40. The summed E-state index contributed by atoms with van der Waals surface area (Å²) < 4.78 is 5.93. The van der Waals surface area contributed by atoms with Gasteiger partial charge in [0.2, 0.25) is 5.88 Å². The molecule has 1 saturated carbocycles. The van der Waals surface area contributed by atoms with Gasteiger partial charge >= 0.3 is 5.97 Å². The second-order valence-electron chi connectivity index (χ2n) is 6.30. The number of carboxylic acids is 1. The van der Waals surface area contributed by atoms with Crippen LogP contribution in [0.15, 0.2) is 36.7 Å². The van der Waals surface area contributed by atoms with Crippen LogP contribution in [-0.2, 0) is 6.54 Å². The number of pyridine rings is 2. The highest BCUT2D eigenvalue weighted by Crippen LogP contribution is 2.22. The van der Waals surface area contributed by atoms with Gasteiger partial charge in [0.15, 0.2) is 0 Å². The van der Waals surface area contributed by atoms with E-state index < -0.39 is 5.97 Å². The molecule has 0 atom stereocenters. The predicted molar refractivity (Wildman–Crippen MR) is 94.1 cm³/mol. The number of rotatable bonds is 6. The Morgan fingerprint density at radius 2 is 1.96 bits per heavy atom. The number of amides is 1. The first kappa shape index (κ1) is 17.8. The Morgan fingerprint density at radius 1 is 1.15 bits per heavy atom. The van der Waals surface area contributed by atoms with Crippen LogP contribution in [0.25, 0.3) is 0 Å². The molecule has 0 radical (unpaired) electrons. The third kappa shape index (κ3) is 4.78. The monoisotopic (exact) mass is 355 g/mol. The third-order valence-corrected chi connectivity index (χ3v) is 4.34. The zero-order valence-corrected chi connectivity index (χ0v) is 14.4. The lowest BCUT2D eigenvalue weighted by atomic mass is 9.98. The second kappa shape index (κ2) is 8.42. The summed E-state index contributed by atoms with van der Waals surface area (Å²) in [5.41, 5.74) is 1.09. The Labute approximate surface area is 151 Å². The van der Waals surface area contributed by atoms with E-state index in [4.69, 9.17) is 9.84 Å². The van der Waals surface area contributed by atoms with Crippen molar-refractivity contribution in [2.75, 3.05) is 0 Å². The quantitative estimate of drug-likeness (QED) is 0.826. The highest BCUT2D eigenvalue weighted by Gasteiger charge is 2.15. The number of carbonyl (C=O) groups is 2. The molecule has 0 unspecified atom stereocenters. The van der Waals surface area contributed by atoms with Crippen molar-refractivity contribution >= 4 is 11.9 Å². The zero-order valence-electron chi connectivity index (χ0n) is 14.4. The van der Waals surface area contributed by atoms with E-state index >= 15 is 0 Å². The fourth-order valence-corrected chi connectivity index (χ4v) is 2.92. The van der Waals surface area contributed by atoms with E-state index in [-0.39, 0.29) is 17.7 Å². The molecule has 7 nitrogen and oxygen atoms in total. The van der Waals surface area contributed by atoms with Gasteiger partial charge in [0.25, 0.3) is 5.91 Å². The van der Waals surface area contributed by atoms with Crippen LogP contribution in [0.2, 0.25) is 0 Å². The van der Waals surface area contributed by atoms with Crippen LogP contribution in [0.1, 0.15) is 58.5 Å². The summed E-state index contributed by atoms with van der Waals surface area (Å²) in [4.78, 5) is 30.9. The Kier molecular flexibility index (Phi) is 5.78. The summed E-state index contributed by atoms with van der Waals surface area (Å²) in [5, 5.41) is 11.6. The van der Waals surface area contributed by atoms with Gasteiger partial charge in [0.05, 0.1) is 5.56 Å². The fraction of sp³-hybridized carbons (Fsp3) is 0.368. The van der Waals surface area contributed by atoms with Gasteiger partial charge in [-0.3, -0.25) is 4.79 Å². The molecule has 0 saturated heterocycles. The highest BCUT2D eigenvalue weighted by atomic mass is 16.5. The van der Waals surface area contributed by atoms with Gasteiger partial charge in [0, 0.05) is 25.0 Å².